The van der Waals surface area contributed by atoms with Crippen molar-refractivity contribution in [2.75, 3.05) is 39.8 Å². The molecular formula is C20H35N5. The molecule has 0 bridgehead atoms. The van der Waals surface area contributed by atoms with Gasteiger partial charge in [0.2, 0.25) is 0 Å². The normalized spacial score (nSPS) is 17.7. The summed E-state index contributed by atoms with van der Waals surface area (Å²) in [6, 6.07) is 8.79. The summed E-state index contributed by atoms with van der Waals surface area (Å²) in [5.41, 5.74) is 8.49. The fourth-order valence-corrected chi connectivity index (χ4v) is 2.99. The predicted molar refractivity (Wildman–Crippen MR) is 107 cm³/mol. The largest absolute Gasteiger partial charge is 0.370 e. The van der Waals surface area contributed by atoms with Crippen molar-refractivity contribution in [1.82, 2.24) is 15.1 Å². The molecular weight excluding hydrogens is 310 g/mol. The molecule has 1 fully saturated rings. The van der Waals surface area contributed by atoms with Crippen molar-refractivity contribution >= 4 is 5.96 Å². The maximum atomic E-state index is 5.92. The molecule has 1 aromatic carbocycles. The van der Waals surface area contributed by atoms with Crippen molar-refractivity contribution in [3.05, 3.63) is 35.4 Å². The first kappa shape index (κ1) is 19.7. The number of nitrogens with two attached hydrogens (primary N) is 1. The fourth-order valence-electron chi connectivity index (χ4n) is 2.99. The van der Waals surface area contributed by atoms with Crippen LogP contribution < -0.4 is 11.1 Å². The van der Waals surface area contributed by atoms with Crippen LogP contribution >= 0.6 is 0 Å². The van der Waals surface area contributed by atoms with Crippen LogP contribution in [0.3, 0.4) is 0 Å². The smallest absolute Gasteiger partial charge is 0.188 e. The third kappa shape index (κ3) is 7.88. The second-order valence-electron chi connectivity index (χ2n) is 7.56. The van der Waals surface area contributed by atoms with Crippen molar-refractivity contribution in [3.8, 4) is 0 Å². The minimum absolute atomic E-state index is 0.540. The first-order chi connectivity index (χ1) is 12.0. The minimum Gasteiger partial charge on any atom is -0.370 e. The molecule has 0 amide bonds. The summed E-state index contributed by atoms with van der Waals surface area (Å²) in [6.07, 6.45) is 2.36. The van der Waals surface area contributed by atoms with Gasteiger partial charge in [-0.15, -0.1) is 0 Å². The Morgan fingerprint density at radius 1 is 1.12 bits per heavy atom. The van der Waals surface area contributed by atoms with Crippen LogP contribution in [0.4, 0.5) is 0 Å². The van der Waals surface area contributed by atoms with E-state index in [1.807, 2.05) is 0 Å². The van der Waals surface area contributed by atoms with E-state index < -0.39 is 0 Å². The number of likely N-dealkylation sites (N-methyl/N-ethyl adjacent to an activating group) is 1. The molecule has 1 aliphatic heterocycles. The summed E-state index contributed by atoms with van der Waals surface area (Å²) < 4.78 is 0. The van der Waals surface area contributed by atoms with Gasteiger partial charge < -0.3 is 16.0 Å². The Morgan fingerprint density at radius 2 is 1.84 bits per heavy atom. The molecule has 1 saturated heterocycles. The van der Waals surface area contributed by atoms with Crippen LogP contribution in [0.2, 0.25) is 0 Å². The topological polar surface area (TPSA) is 56.9 Å². The highest BCUT2D eigenvalue weighted by atomic mass is 15.2. The standard InChI is InChI=1S/C20H35N5/c1-17(2)9-10-22-20(21)23-15-18-5-7-19(8-6-18)16-25-12-4-11-24(3)13-14-25/h5-8,17H,4,9-16H2,1-3H3,(H3,21,22,23). The highest BCUT2D eigenvalue weighted by molar-refractivity contribution is 5.77. The van der Waals surface area contributed by atoms with Crippen LogP contribution in [-0.4, -0.2) is 55.5 Å². The van der Waals surface area contributed by atoms with Gasteiger partial charge in [-0.1, -0.05) is 38.1 Å². The SMILES string of the molecule is CC(C)CCNC(N)=NCc1ccc(CN2CCCN(C)CC2)cc1. The lowest BCUT2D eigenvalue weighted by molar-refractivity contribution is 0.269. The molecule has 5 heteroatoms. The number of rotatable bonds is 7. The number of nitrogens with one attached hydrogen (secondary N) is 1. The Kier molecular flexibility index (Phi) is 8.22. The van der Waals surface area contributed by atoms with Crippen LogP contribution in [0.25, 0.3) is 0 Å². The fraction of sp³-hybridized carbons (Fsp3) is 0.650. The van der Waals surface area contributed by atoms with E-state index in [4.69, 9.17) is 5.73 Å². The van der Waals surface area contributed by atoms with Crippen molar-refractivity contribution in [1.29, 1.82) is 0 Å². The average molecular weight is 346 g/mol. The number of guanidine groups is 1. The van der Waals surface area contributed by atoms with E-state index in [-0.39, 0.29) is 0 Å². The Morgan fingerprint density at radius 3 is 2.56 bits per heavy atom. The lowest BCUT2D eigenvalue weighted by Gasteiger charge is -2.20. The van der Waals surface area contributed by atoms with Crippen molar-refractivity contribution in [2.24, 2.45) is 16.6 Å². The summed E-state index contributed by atoms with van der Waals surface area (Å²) in [5.74, 6) is 1.22. The molecule has 5 nitrogen and oxygen atoms in total. The van der Waals surface area contributed by atoms with Gasteiger partial charge in [0, 0.05) is 26.2 Å². The van der Waals surface area contributed by atoms with Gasteiger partial charge in [-0.25, -0.2) is 4.99 Å². The third-order valence-electron chi connectivity index (χ3n) is 4.70. The quantitative estimate of drug-likeness (QED) is 0.588. The molecule has 0 unspecified atom stereocenters. The number of aliphatic imine (C=N–C) groups is 1. The van der Waals surface area contributed by atoms with E-state index in [1.165, 1.54) is 30.6 Å². The summed E-state index contributed by atoms with van der Waals surface area (Å²) >= 11 is 0. The second kappa shape index (κ2) is 10.4. The zero-order valence-electron chi connectivity index (χ0n) is 16.2. The van der Waals surface area contributed by atoms with E-state index >= 15 is 0 Å². The zero-order chi connectivity index (χ0) is 18.1. The molecule has 0 atom stereocenters. The lowest BCUT2D eigenvalue weighted by Crippen LogP contribution is -2.32. The molecule has 0 aromatic heterocycles. The Balaban J connectivity index is 1.77. The lowest BCUT2D eigenvalue weighted by atomic mass is 10.1. The van der Waals surface area contributed by atoms with Gasteiger partial charge in [0.15, 0.2) is 5.96 Å². The van der Waals surface area contributed by atoms with Gasteiger partial charge in [-0.3, -0.25) is 4.90 Å². The van der Waals surface area contributed by atoms with Crippen LogP contribution in [0, 0.1) is 5.92 Å². The summed E-state index contributed by atoms with van der Waals surface area (Å²) in [5, 5.41) is 3.18. The average Bonchev–Trinajstić information content (AvgIpc) is 2.78. The van der Waals surface area contributed by atoms with E-state index in [1.54, 1.807) is 0 Å². The first-order valence-corrected chi connectivity index (χ1v) is 9.55. The first-order valence-electron chi connectivity index (χ1n) is 9.55. The molecule has 3 N–H and O–H groups in total. The van der Waals surface area contributed by atoms with Crippen LogP contribution in [0.15, 0.2) is 29.3 Å². The third-order valence-corrected chi connectivity index (χ3v) is 4.70. The number of hydrogen-bond donors (Lipinski definition) is 2. The van der Waals surface area contributed by atoms with Gasteiger partial charge in [-0.2, -0.15) is 0 Å². The zero-order valence-corrected chi connectivity index (χ0v) is 16.2. The van der Waals surface area contributed by atoms with E-state index in [0.717, 1.165) is 32.6 Å². The molecule has 0 saturated carbocycles. The van der Waals surface area contributed by atoms with Crippen LogP contribution in [0.5, 0.6) is 0 Å². The molecule has 2 rings (SSSR count). The molecule has 140 valence electrons. The molecule has 0 aliphatic carbocycles. The maximum absolute atomic E-state index is 5.92. The van der Waals surface area contributed by atoms with Gasteiger partial charge in [0.25, 0.3) is 0 Å². The van der Waals surface area contributed by atoms with Gasteiger partial charge >= 0.3 is 0 Å². The molecule has 25 heavy (non-hydrogen) atoms. The summed E-state index contributed by atoms with van der Waals surface area (Å²) in [6.45, 7) is 11.7. The summed E-state index contributed by atoms with van der Waals surface area (Å²) in [7, 11) is 2.21. The second-order valence-corrected chi connectivity index (χ2v) is 7.56. The van der Waals surface area contributed by atoms with Crippen molar-refractivity contribution < 1.29 is 0 Å². The molecule has 1 aliphatic rings. The van der Waals surface area contributed by atoms with Crippen molar-refractivity contribution in [3.63, 3.8) is 0 Å². The van der Waals surface area contributed by atoms with E-state index in [9.17, 15) is 0 Å². The molecule has 1 heterocycles. The molecule has 0 spiro atoms. The number of benzene rings is 1. The van der Waals surface area contributed by atoms with Crippen LogP contribution in [-0.2, 0) is 13.1 Å². The Hall–Kier alpha value is -1.59. The molecule has 1 aromatic rings. The van der Waals surface area contributed by atoms with Crippen molar-refractivity contribution in [2.45, 2.75) is 39.8 Å². The maximum Gasteiger partial charge on any atom is 0.188 e. The highest BCUT2D eigenvalue weighted by Gasteiger charge is 2.12. The summed E-state index contributed by atoms with van der Waals surface area (Å²) in [4.78, 5) is 9.39. The minimum atomic E-state index is 0.540. The van der Waals surface area contributed by atoms with Gasteiger partial charge in [-0.05, 0) is 50.0 Å². The van der Waals surface area contributed by atoms with E-state index in [0.29, 0.717) is 18.4 Å². The number of nitrogens with zero attached hydrogens (tertiary/aromatic N) is 3. The Labute approximate surface area is 153 Å². The Bertz CT molecular complexity index is 523. The molecule has 0 radical (unpaired) electrons. The predicted octanol–water partition coefficient (Wildman–Crippen LogP) is 2.27. The monoisotopic (exact) mass is 345 g/mol. The number of hydrogen-bond acceptors (Lipinski definition) is 3. The van der Waals surface area contributed by atoms with E-state index in [2.05, 4.69) is 65.3 Å². The van der Waals surface area contributed by atoms with Gasteiger partial charge in [0.1, 0.15) is 0 Å². The van der Waals surface area contributed by atoms with Gasteiger partial charge in [0.05, 0.1) is 6.54 Å². The highest BCUT2D eigenvalue weighted by Crippen LogP contribution is 2.10. The van der Waals surface area contributed by atoms with Crippen LogP contribution in [0.1, 0.15) is 37.8 Å².